The van der Waals surface area contributed by atoms with E-state index in [1.807, 2.05) is 18.2 Å². The van der Waals surface area contributed by atoms with Crippen LogP contribution in [0.1, 0.15) is 52.8 Å². The normalized spacial score (nSPS) is 17.4. The maximum Gasteiger partial charge on any atom is 0.254 e. The number of methoxy groups -OCH3 is 1. The van der Waals surface area contributed by atoms with Gasteiger partial charge in [-0.25, -0.2) is 4.39 Å². The molecule has 4 aromatic rings. The molecular formula is C29H25ClFN3O6. The number of hydrogen-bond donors (Lipinski definition) is 0. The summed E-state index contributed by atoms with van der Waals surface area (Å²) in [7, 11) is 1.43. The molecule has 1 atom stereocenters. The summed E-state index contributed by atoms with van der Waals surface area (Å²) in [5, 5.41) is 7.83. The number of carbonyl (C=O) groups is 2. The van der Waals surface area contributed by atoms with Crippen molar-refractivity contribution in [3.63, 3.8) is 0 Å². The van der Waals surface area contributed by atoms with Crippen LogP contribution in [0.5, 0.6) is 5.88 Å². The lowest BCUT2D eigenvalue weighted by Gasteiger charge is -2.40. The van der Waals surface area contributed by atoms with Gasteiger partial charge in [0.25, 0.3) is 5.88 Å². The molecule has 9 nitrogen and oxygen atoms in total. The summed E-state index contributed by atoms with van der Waals surface area (Å²) in [6, 6.07) is 10.2. The number of carbonyl (C=O) groups excluding carboxylic acids is 2. The number of aromatic nitrogens is 3. The predicted octanol–water partition coefficient (Wildman–Crippen LogP) is 5.78. The Morgan fingerprint density at radius 3 is 2.65 bits per heavy atom. The van der Waals surface area contributed by atoms with Gasteiger partial charge in [0.1, 0.15) is 11.6 Å². The smallest absolute Gasteiger partial charge is 0.254 e. The van der Waals surface area contributed by atoms with Crippen molar-refractivity contribution in [2.24, 2.45) is 5.41 Å². The van der Waals surface area contributed by atoms with E-state index < -0.39 is 11.2 Å². The number of rotatable bonds is 9. The summed E-state index contributed by atoms with van der Waals surface area (Å²) >= 11 is 6.22. The van der Waals surface area contributed by atoms with Gasteiger partial charge in [0.2, 0.25) is 23.3 Å². The average molecular weight is 566 g/mol. The highest BCUT2D eigenvalue weighted by atomic mass is 35.5. The second kappa shape index (κ2) is 10.3. The van der Waals surface area contributed by atoms with Gasteiger partial charge in [-0.05, 0) is 58.3 Å². The van der Waals surface area contributed by atoms with Crippen LogP contribution in [0.3, 0.4) is 0 Å². The minimum absolute atomic E-state index is 0.00456. The molecule has 0 spiro atoms. The van der Waals surface area contributed by atoms with Gasteiger partial charge in [0.15, 0.2) is 0 Å². The molecule has 2 aromatic carbocycles. The van der Waals surface area contributed by atoms with E-state index in [1.54, 1.807) is 13.0 Å². The van der Waals surface area contributed by atoms with Gasteiger partial charge in [0.05, 0.1) is 37.4 Å². The van der Waals surface area contributed by atoms with Crippen LogP contribution in [-0.4, -0.2) is 47.2 Å². The summed E-state index contributed by atoms with van der Waals surface area (Å²) < 4.78 is 35.6. The molecule has 0 saturated carbocycles. The van der Waals surface area contributed by atoms with Gasteiger partial charge < -0.3 is 18.5 Å². The Balaban J connectivity index is 1.23. The van der Waals surface area contributed by atoms with Crippen molar-refractivity contribution in [2.75, 3.05) is 20.3 Å². The van der Waals surface area contributed by atoms with Crippen LogP contribution >= 0.6 is 11.6 Å². The molecule has 2 aliphatic rings. The van der Waals surface area contributed by atoms with Crippen molar-refractivity contribution in [1.29, 1.82) is 0 Å². The third-order valence-corrected chi connectivity index (χ3v) is 7.93. The number of Topliss-reactive ketones (excluding diaryl/α,β-unsaturated/α-hetero) is 2. The third-order valence-electron chi connectivity index (χ3n) is 7.71. The van der Waals surface area contributed by atoms with Crippen molar-refractivity contribution in [3.05, 3.63) is 70.0 Å². The number of aryl methyl sites for hydroxylation is 2. The fraction of sp³-hybridized carbons (Fsp3) is 0.345. The number of fused-ring (bicyclic) bond motifs is 1. The molecule has 2 aromatic heterocycles. The Labute approximate surface area is 233 Å². The molecule has 0 N–H and O–H groups in total. The van der Waals surface area contributed by atoms with Crippen molar-refractivity contribution < 1.29 is 32.5 Å². The predicted molar refractivity (Wildman–Crippen MR) is 141 cm³/mol. The highest BCUT2D eigenvalue weighted by Gasteiger charge is 2.48. The summed E-state index contributed by atoms with van der Waals surface area (Å²) in [6.45, 7) is 2.03. The van der Waals surface area contributed by atoms with Crippen molar-refractivity contribution in [2.45, 2.75) is 38.5 Å². The van der Waals surface area contributed by atoms with Crippen LogP contribution in [0, 0.1) is 18.2 Å². The van der Waals surface area contributed by atoms with Crippen molar-refractivity contribution in [3.8, 4) is 28.4 Å². The average Bonchev–Trinajstić information content (AvgIpc) is 3.65. The molecule has 0 amide bonds. The maximum absolute atomic E-state index is 15.0. The van der Waals surface area contributed by atoms with Gasteiger partial charge in [-0.2, -0.15) is 4.98 Å². The second-order valence-electron chi connectivity index (χ2n) is 10.3. The summed E-state index contributed by atoms with van der Waals surface area (Å²) in [5.41, 5.74) is 2.80. The number of benzene rings is 2. The summed E-state index contributed by atoms with van der Waals surface area (Å²) in [6.07, 6.45) is 1.83. The van der Waals surface area contributed by atoms with Crippen LogP contribution in [0.15, 0.2) is 45.4 Å². The Kier molecular flexibility index (Phi) is 6.75. The Morgan fingerprint density at radius 1 is 1.15 bits per heavy atom. The number of hydrogen-bond acceptors (Lipinski definition) is 9. The number of nitrogens with zero attached hydrogens (tertiary/aromatic N) is 3. The SMILES string of the molecule is COc1cc(C(=O)CC2(C(=O)C[C@H]3CCc4cc(-c5cc(Cl)cc(F)c5-c5noc(C)n5)ccc43)COC2)on1. The molecule has 1 aliphatic heterocycles. The van der Waals surface area contributed by atoms with Gasteiger partial charge in [-0.1, -0.05) is 35.0 Å². The standard InChI is InChI=1S/C29H25ClFN3O6/c1-15-32-28(34-39-15)27-21(9-19(30)10-22(27)31)17-5-6-20-16(7-17)3-4-18(20)8-25(36)29(13-38-14-29)12-23(35)24-11-26(37-2)33-40-24/h5-7,9-11,18H,3-4,8,12-14H2,1-2H3/t18-/m1/s1. The second-order valence-corrected chi connectivity index (χ2v) is 10.8. The zero-order valence-corrected chi connectivity index (χ0v) is 22.6. The Bertz CT molecular complexity index is 1630. The molecule has 0 unspecified atom stereocenters. The maximum atomic E-state index is 15.0. The molecule has 1 aliphatic carbocycles. The molecule has 206 valence electrons. The fourth-order valence-corrected chi connectivity index (χ4v) is 5.75. The van der Waals surface area contributed by atoms with E-state index >= 15 is 4.39 Å². The molecule has 1 saturated heterocycles. The Hall–Kier alpha value is -3.89. The van der Waals surface area contributed by atoms with Crippen LogP contribution in [0.2, 0.25) is 5.02 Å². The van der Waals surface area contributed by atoms with Gasteiger partial charge >= 0.3 is 0 Å². The monoisotopic (exact) mass is 565 g/mol. The zero-order valence-electron chi connectivity index (χ0n) is 21.8. The van der Waals surface area contributed by atoms with Gasteiger partial charge in [0, 0.05) is 24.8 Å². The van der Waals surface area contributed by atoms with E-state index in [-0.39, 0.29) is 65.2 Å². The third kappa shape index (κ3) is 4.71. The molecule has 0 radical (unpaired) electrons. The molecule has 3 heterocycles. The molecule has 6 rings (SSSR count). The molecular weight excluding hydrogens is 541 g/mol. The summed E-state index contributed by atoms with van der Waals surface area (Å²) in [5.74, 6) is -0.121. The zero-order chi connectivity index (χ0) is 28.0. The highest BCUT2D eigenvalue weighted by molar-refractivity contribution is 6.31. The highest BCUT2D eigenvalue weighted by Crippen LogP contribution is 2.44. The topological polar surface area (TPSA) is 118 Å². The molecule has 11 heteroatoms. The van der Waals surface area contributed by atoms with Crippen LogP contribution in [0.25, 0.3) is 22.5 Å². The quantitative estimate of drug-likeness (QED) is 0.233. The van der Waals surface area contributed by atoms with Crippen LogP contribution in [-0.2, 0) is 16.0 Å². The van der Waals surface area contributed by atoms with Gasteiger partial charge in [-0.3, -0.25) is 9.59 Å². The molecule has 0 bridgehead atoms. The first-order valence-electron chi connectivity index (χ1n) is 12.8. The van der Waals surface area contributed by atoms with E-state index in [2.05, 4.69) is 15.3 Å². The van der Waals surface area contributed by atoms with E-state index in [0.717, 1.165) is 29.5 Å². The van der Waals surface area contributed by atoms with Gasteiger partial charge in [-0.15, -0.1) is 0 Å². The minimum atomic E-state index is -0.879. The first kappa shape index (κ1) is 26.3. The lowest BCUT2D eigenvalue weighted by atomic mass is 9.73. The minimum Gasteiger partial charge on any atom is -0.479 e. The Morgan fingerprint density at radius 2 is 1.98 bits per heavy atom. The molecule has 40 heavy (non-hydrogen) atoms. The number of ketones is 2. The fourth-order valence-electron chi connectivity index (χ4n) is 5.55. The largest absolute Gasteiger partial charge is 0.479 e. The number of ether oxygens (including phenoxy) is 2. The lowest BCUT2D eigenvalue weighted by Crippen LogP contribution is -2.50. The van der Waals surface area contributed by atoms with Crippen molar-refractivity contribution >= 4 is 23.2 Å². The van der Waals surface area contributed by atoms with Crippen LogP contribution < -0.4 is 4.74 Å². The van der Waals surface area contributed by atoms with E-state index in [1.165, 1.54) is 19.2 Å². The first-order valence-corrected chi connectivity index (χ1v) is 13.2. The van der Waals surface area contributed by atoms with E-state index in [9.17, 15) is 9.59 Å². The number of halogens is 2. The van der Waals surface area contributed by atoms with Crippen molar-refractivity contribution in [1.82, 2.24) is 15.3 Å². The lowest BCUT2D eigenvalue weighted by molar-refractivity contribution is -0.159. The summed E-state index contributed by atoms with van der Waals surface area (Å²) in [4.78, 5) is 30.6. The molecule has 1 fully saturated rings. The van der Waals surface area contributed by atoms with Crippen LogP contribution in [0.4, 0.5) is 4.39 Å². The van der Waals surface area contributed by atoms with E-state index in [4.69, 9.17) is 30.1 Å². The van der Waals surface area contributed by atoms with E-state index in [0.29, 0.717) is 17.9 Å². The first-order chi connectivity index (χ1) is 19.3.